The maximum absolute atomic E-state index is 12.5. The molecular weight excluding hydrogens is 288 g/mol. The molecule has 2 N–H and O–H groups in total. The molecule has 1 aromatic carbocycles. The number of likely N-dealkylation sites (N-methyl/N-ethyl adjacent to an activating group) is 1. The van der Waals surface area contributed by atoms with Gasteiger partial charge in [0.2, 0.25) is 10.0 Å². The fraction of sp³-hybridized carbons (Fsp3) is 0.500. The lowest BCUT2D eigenvalue weighted by molar-refractivity contribution is 0.142. The number of sulfonamides is 1. The molecule has 1 aromatic rings. The molecule has 0 fully saturated rings. The Morgan fingerprint density at radius 2 is 2.11 bits per heavy atom. The van der Waals surface area contributed by atoms with Crippen LogP contribution in [-0.4, -0.2) is 39.0 Å². The summed E-state index contributed by atoms with van der Waals surface area (Å²) >= 11 is 5.80. The van der Waals surface area contributed by atoms with Crippen LogP contribution in [0.1, 0.15) is 13.8 Å². The van der Waals surface area contributed by atoms with Crippen LogP contribution < -0.4 is 5.73 Å². The van der Waals surface area contributed by atoms with E-state index in [1.807, 2.05) is 0 Å². The van der Waals surface area contributed by atoms with E-state index in [1.54, 1.807) is 13.8 Å². The number of ether oxygens (including phenoxy) is 1. The molecule has 1 atom stereocenters. The summed E-state index contributed by atoms with van der Waals surface area (Å²) in [4.78, 5) is 0.138. The van der Waals surface area contributed by atoms with Crippen molar-refractivity contribution in [3.05, 3.63) is 23.2 Å². The van der Waals surface area contributed by atoms with E-state index in [9.17, 15) is 8.42 Å². The Balaban J connectivity index is 3.16. The summed E-state index contributed by atoms with van der Waals surface area (Å²) in [6, 6.07) is 4.06. The van der Waals surface area contributed by atoms with E-state index in [1.165, 1.54) is 29.6 Å². The molecule has 0 saturated heterocycles. The van der Waals surface area contributed by atoms with Crippen molar-refractivity contribution >= 4 is 27.3 Å². The number of halogens is 1. The Labute approximate surface area is 119 Å². The van der Waals surface area contributed by atoms with Crippen LogP contribution in [0.15, 0.2) is 23.1 Å². The van der Waals surface area contributed by atoms with Gasteiger partial charge in [-0.3, -0.25) is 0 Å². The molecule has 0 spiro atoms. The number of anilines is 1. The van der Waals surface area contributed by atoms with Crippen LogP contribution in [0.4, 0.5) is 5.69 Å². The van der Waals surface area contributed by atoms with Crippen molar-refractivity contribution in [3.8, 4) is 0 Å². The number of nitrogens with zero attached hydrogens (tertiary/aromatic N) is 1. The molecule has 19 heavy (non-hydrogen) atoms. The number of nitrogen functional groups attached to an aromatic ring is 1. The Bertz CT molecular complexity index is 534. The molecule has 1 unspecified atom stereocenters. The Hall–Kier alpha value is -0.820. The van der Waals surface area contributed by atoms with Gasteiger partial charge in [0.15, 0.2) is 0 Å². The average Bonchev–Trinajstić information content (AvgIpc) is 2.33. The van der Waals surface area contributed by atoms with E-state index < -0.39 is 10.0 Å². The van der Waals surface area contributed by atoms with Gasteiger partial charge >= 0.3 is 0 Å². The number of rotatable bonds is 6. The van der Waals surface area contributed by atoms with Crippen LogP contribution >= 0.6 is 11.6 Å². The highest BCUT2D eigenvalue weighted by Gasteiger charge is 2.27. The van der Waals surface area contributed by atoms with E-state index in [-0.39, 0.29) is 16.6 Å². The highest BCUT2D eigenvalue weighted by atomic mass is 35.5. The third-order valence-electron chi connectivity index (χ3n) is 2.79. The fourth-order valence-corrected chi connectivity index (χ4v) is 3.64. The standard InChI is InChI=1S/C12H19ClN2O3S/c1-4-15(9(2)8-18-3)19(16,17)10-5-6-11(13)12(14)7-10/h5-7,9H,4,8,14H2,1-3H3. The van der Waals surface area contributed by atoms with Crippen LogP contribution in [0.25, 0.3) is 0 Å². The Kier molecular flexibility index (Phi) is 5.61. The van der Waals surface area contributed by atoms with E-state index >= 15 is 0 Å². The van der Waals surface area contributed by atoms with Crippen molar-refractivity contribution < 1.29 is 13.2 Å². The molecular formula is C12H19ClN2O3S. The number of methoxy groups -OCH3 is 1. The molecule has 5 nitrogen and oxygen atoms in total. The van der Waals surface area contributed by atoms with Gasteiger partial charge in [-0.2, -0.15) is 4.31 Å². The molecule has 1 rings (SSSR count). The summed E-state index contributed by atoms with van der Waals surface area (Å²) < 4.78 is 31.4. The second-order valence-electron chi connectivity index (χ2n) is 4.20. The summed E-state index contributed by atoms with van der Waals surface area (Å²) in [6.45, 7) is 4.26. The quantitative estimate of drug-likeness (QED) is 0.816. The number of nitrogens with two attached hydrogens (primary N) is 1. The van der Waals surface area contributed by atoms with Gasteiger partial charge in [0.05, 0.1) is 22.2 Å². The zero-order chi connectivity index (χ0) is 14.6. The molecule has 0 heterocycles. The third-order valence-corrected chi connectivity index (χ3v) is 5.21. The zero-order valence-electron chi connectivity index (χ0n) is 11.3. The van der Waals surface area contributed by atoms with Gasteiger partial charge in [-0.05, 0) is 25.1 Å². The summed E-state index contributed by atoms with van der Waals surface area (Å²) in [7, 11) is -2.06. The molecule has 0 bridgehead atoms. The molecule has 7 heteroatoms. The van der Waals surface area contributed by atoms with Crippen molar-refractivity contribution in [3.63, 3.8) is 0 Å². The predicted octanol–water partition coefficient (Wildman–Crippen LogP) is 1.97. The number of hydrogen-bond donors (Lipinski definition) is 1. The van der Waals surface area contributed by atoms with Gasteiger partial charge in [-0.25, -0.2) is 8.42 Å². The summed E-state index contributed by atoms with van der Waals surface area (Å²) in [5, 5.41) is 0.340. The van der Waals surface area contributed by atoms with Gasteiger partial charge in [-0.15, -0.1) is 0 Å². The van der Waals surface area contributed by atoms with E-state index in [4.69, 9.17) is 22.1 Å². The molecule has 0 saturated carbocycles. The Morgan fingerprint density at radius 3 is 2.58 bits per heavy atom. The van der Waals surface area contributed by atoms with Crippen LogP contribution in [0.2, 0.25) is 5.02 Å². The maximum Gasteiger partial charge on any atom is 0.243 e. The average molecular weight is 307 g/mol. The minimum atomic E-state index is -3.60. The largest absolute Gasteiger partial charge is 0.397 e. The third kappa shape index (κ3) is 3.60. The van der Waals surface area contributed by atoms with Gasteiger partial charge in [0, 0.05) is 19.7 Å². The minimum absolute atomic E-state index is 0.138. The first-order valence-electron chi connectivity index (χ1n) is 5.90. The zero-order valence-corrected chi connectivity index (χ0v) is 12.8. The monoisotopic (exact) mass is 306 g/mol. The summed E-state index contributed by atoms with van der Waals surface area (Å²) in [5.41, 5.74) is 5.90. The van der Waals surface area contributed by atoms with Crippen LogP contribution in [0.3, 0.4) is 0 Å². The molecule has 108 valence electrons. The van der Waals surface area contributed by atoms with Crippen LogP contribution in [-0.2, 0) is 14.8 Å². The van der Waals surface area contributed by atoms with Crippen molar-refractivity contribution in [2.45, 2.75) is 24.8 Å². The van der Waals surface area contributed by atoms with E-state index in [2.05, 4.69) is 0 Å². The number of benzene rings is 1. The van der Waals surface area contributed by atoms with E-state index in [0.717, 1.165) is 0 Å². The second-order valence-corrected chi connectivity index (χ2v) is 6.49. The molecule has 0 amide bonds. The molecule has 0 aliphatic rings. The molecule has 0 radical (unpaired) electrons. The lowest BCUT2D eigenvalue weighted by Crippen LogP contribution is -2.40. The predicted molar refractivity (Wildman–Crippen MR) is 76.8 cm³/mol. The Morgan fingerprint density at radius 1 is 1.47 bits per heavy atom. The molecule has 0 aliphatic heterocycles. The van der Waals surface area contributed by atoms with Crippen molar-refractivity contribution in [1.82, 2.24) is 4.31 Å². The normalized spacial score (nSPS) is 13.7. The first-order valence-corrected chi connectivity index (χ1v) is 7.72. The van der Waals surface area contributed by atoms with Crippen LogP contribution in [0.5, 0.6) is 0 Å². The fourth-order valence-electron chi connectivity index (χ4n) is 1.86. The van der Waals surface area contributed by atoms with Gasteiger partial charge < -0.3 is 10.5 Å². The topological polar surface area (TPSA) is 72.6 Å². The van der Waals surface area contributed by atoms with Gasteiger partial charge in [0.1, 0.15) is 0 Å². The number of hydrogen-bond acceptors (Lipinski definition) is 4. The summed E-state index contributed by atoms with van der Waals surface area (Å²) in [6.07, 6.45) is 0. The van der Waals surface area contributed by atoms with Crippen molar-refractivity contribution in [1.29, 1.82) is 0 Å². The molecule has 0 aliphatic carbocycles. The SMILES string of the molecule is CCN(C(C)COC)S(=O)(=O)c1ccc(Cl)c(N)c1. The smallest absolute Gasteiger partial charge is 0.243 e. The minimum Gasteiger partial charge on any atom is -0.397 e. The van der Waals surface area contributed by atoms with Crippen molar-refractivity contribution in [2.24, 2.45) is 0 Å². The first kappa shape index (κ1) is 16.2. The van der Waals surface area contributed by atoms with Gasteiger partial charge in [0.25, 0.3) is 0 Å². The molecule has 0 aromatic heterocycles. The highest BCUT2D eigenvalue weighted by molar-refractivity contribution is 7.89. The van der Waals surface area contributed by atoms with E-state index in [0.29, 0.717) is 18.2 Å². The van der Waals surface area contributed by atoms with Crippen LogP contribution in [0, 0.1) is 0 Å². The second kappa shape index (κ2) is 6.56. The highest BCUT2D eigenvalue weighted by Crippen LogP contribution is 2.25. The summed E-state index contributed by atoms with van der Waals surface area (Å²) in [5.74, 6) is 0. The van der Waals surface area contributed by atoms with Gasteiger partial charge in [-0.1, -0.05) is 18.5 Å². The lowest BCUT2D eigenvalue weighted by atomic mass is 10.3. The lowest BCUT2D eigenvalue weighted by Gasteiger charge is -2.26. The maximum atomic E-state index is 12.5. The first-order chi connectivity index (χ1) is 8.84. The van der Waals surface area contributed by atoms with Crippen molar-refractivity contribution in [2.75, 3.05) is 26.0 Å².